The zero-order valence-corrected chi connectivity index (χ0v) is 12.4. The van der Waals surface area contributed by atoms with Crippen molar-refractivity contribution >= 4 is 11.9 Å². The van der Waals surface area contributed by atoms with E-state index in [4.69, 9.17) is 4.74 Å². The Bertz CT molecular complexity index is 301. The zero-order chi connectivity index (χ0) is 14.3. The minimum Gasteiger partial charge on any atom is -0.469 e. The largest absolute Gasteiger partial charge is 0.469 e. The molecular formula is C14H26N2O3. The number of hydrogen-bond acceptors (Lipinski definition) is 4. The van der Waals surface area contributed by atoms with Crippen molar-refractivity contribution in [1.82, 2.24) is 9.80 Å². The van der Waals surface area contributed by atoms with Crippen LogP contribution in [-0.2, 0) is 14.3 Å². The highest BCUT2D eigenvalue weighted by Crippen LogP contribution is 2.18. The monoisotopic (exact) mass is 270 g/mol. The van der Waals surface area contributed by atoms with E-state index in [2.05, 4.69) is 18.7 Å². The van der Waals surface area contributed by atoms with Gasteiger partial charge in [0.05, 0.1) is 13.0 Å². The van der Waals surface area contributed by atoms with Crippen molar-refractivity contribution in [1.29, 1.82) is 0 Å². The molecule has 110 valence electrons. The van der Waals surface area contributed by atoms with Crippen molar-refractivity contribution < 1.29 is 14.3 Å². The van der Waals surface area contributed by atoms with Gasteiger partial charge in [0, 0.05) is 26.1 Å². The van der Waals surface area contributed by atoms with Crippen LogP contribution < -0.4 is 0 Å². The molecule has 0 aliphatic carbocycles. The summed E-state index contributed by atoms with van der Waals surface area (Å²) in [5.41, 5.74) is 0. The minimum atomic E-state index is -0.275. The summed E-state index contributed by atoms with van der Waals surface area (Å²) in [6.07, 6.45) is 2.55. The second-order valence-corrected chi connectivity index (χ2v) is 5.11. The summed E-state index contributed by atoms with van der Waals surface area (Å²) >= 11 is 0. The number of methoxy groups -OCH3 is 1. The van der Waals surface area contributed by atoms with Crippen LogP contribution in [0.25, 0.3) is 0 Å². The summed E-state index contributed by atoms with van der Waals surface area (Å²) < 4.78 is 4.71. The third kappa shape index (κ3) is 4.82. The van der Waals surface area contributed by atoms with Crippen LogP contribution in [0.3, 0.4) is 0 Å². The van der Waals surface area contributed by atoms with Crippen molar-refractivity contribution in [3.05, 3.63) is 0 Å². The van der Waals surface area contributed by atoms with Crippen molar-refractivity contribution in [3.63, 3.8) is 0 Å². The standard InChI is InChI=1S/C14H26N2O3/c1-4-6-15(7-5-2)8-9-16-11-12(10-13(16)17)14(18)19-3/h12H,4-11H2,1-3H3. The van der Waals surface area contributed by atoms with Crippen LogP contribution in [-0.4, -0.2) is 61.5 Å². The molecule has 1 saturated heterocycles. The molecule has 1 unspecified atom stereocenters. The molecule has 1 rings (SSSR count). The van der Waals surface area contributed by atoms with Gasteiger partial charge in [0.15, 0.2) is 0 Å². The van der Waals surface area contributed by atoms with Crippen LogP contribution in [0.4, 0.5) is 0 Å². The van der Waals surface area contributed by atoms with Crippen molar-refractivity contribution in [3.8, 4) is 0 Å². The van der Waals surface area contributed by atoms with E-state index in [1.165, 1.54) is 7.11 Å². The summed E-state index contributed by atoms with van der Waals surface area (Å²) in [5.74, 6) is -0.471. The van der Waals surface area contributed by atoms with E-state index in [9.17, 15) is 9.59 Å². The number of nitrogens with zero attached hydrogens (tertiary/aromatic N) is 2. The fourth-order valence-electron chi connectivity index (χ4n) is 2.54. The Labute approximate surface area is 115 Å². The van der Waals surface area contributed by atoms with E-state index in [1.807, 2.05) is 0 Å². The molecule has 0 saturated carbocycles. The first-order valence-electron chi connectivity index (χ1n) is 7.20. The molecule has 1 amide bonds. The molecular weight excluding hydrogens is 244 g/mol. The van der Waals surface area contributed by atoms with E-state index in [-0.39, 0.29) is 17.8 Å². The van der Waals surface area contributed by atoms with Crippen LogP contribution in [0.15, 0.2) is 0 Å². The smallest absolute Gasteiger partial charge is 0.310 e. The lowest BCUT2D eigenvalue weighted by Gasteiger charge is -2.24. The van der Waals surface area contributed by atoms with E-state index in [0.717, 1.165) is 32.5 Å². The summed E-state index contributed by atoms with van der Waals surface area (Å²) in [7, 11) is 1.37. The van der Waals surface area contributed by atoms with Gasteiger partial charge in [-0.15, -0.1) is 0 Å². The normalized spacial score (nSPS) is 19.3. The van der Waals surface area contributed by atoms with Gasteiger partial charge in [-0.2, -0.15) is 0 Å². The van der Waals surface area contributed by atoms with E-state index >= 15 is 0 Å². The molecule has 1 aliphatic heterocycles. The minimum absolute atomic E-state index is 0.0725. The van der Waals surface area contributed by atoms with Crippen LogP contribution in [0, 0.1) is 5.92 Å². The van der Waals surface area contributed by atoms with Crippen molar-refractivity contribution in [2.24, 2.45) is 5.92 Å². The second-order valence-electron chi connectivity index (χ2n) is 5.11. The second kappa shape index (κ2) is 8.15. The number of carbonyl (C=O) groups is 2. The van der Waals surface area contributed by atoms with Gasteiger partial charge in [0.25, 0.3) is 0 Å². The summed E-state index contributed by atoms with van der Waals surface area (Å²) in [6.45, 7) is 8.58. The molecule has 0 spiro atoms. The predicted octanol–water partition coefficient (Wildman–Crippen LogP) is 1.13. The molecule has 0 aromatic carbocycles. The number of amides is 1. The van der Waals surface area contributed by atoms with E-state index in [0.29, 0.717) is 19.5 Å². The number of hydrogen-bond donors (Lipinski definition) is 0. The molecule has 5 nitrogen and oxygen atoms in total. The van der Waals surface area contributed by atoms with Crippen LogP contribution in [0.1, 0.15) is 33.1 Å². The Morgan fingerprint density at radius 3 is 2.47 bits per heavy atom. The van der Waals surface area contributed by atoms with Gasteiger partial charge in [0.2, 0.25) is 5.91 Å². The first kappa shape index (κ1) is 16.0. The summed E-state index contributed by atoms with van der Waals surface area (Å²) in [5, 5.41) is 0. The highest BCUT2D eigenvalue weighted by molar-refractivity contribution is 5.86. The highest BCUT2D eigenvalue weighted by Gasteiger charge is 2.34. The fraction of sp³-hybridized carbons (Fsp3) is 0.857. The molecule has 5 heteroatoms. The molecule has 1 heterocycles. The van der Waals surface area contributed by atoms with Gasteiger partial charge in [0.1, 0.15) is 0 Å². The van der Waals surface area contributed by atoms with E-state index < -0.39 is 0 Å². The van der Waals surface area contributed by atoms with Crippen molar-refractivity contribution in [2.75, 3.05) is 39.8 Å². The Balaban J connectivity index is 2.40. The molecule has 1 aliphatic rings. The average Bonchev–Trinajstić information content (AvgIpc) is 2.77. The van der Waals surface area contributed by atoms with Crippen molar-refractivity contribution in [2.45, 2.75) is 33.1 Å². The molecule has 0 aromatic rings. The summed E-state index contributed by atoms with van der Waals surface area (Å²) in [4.78, 5) is 27.4. The number of rotatable bonds is 8. The SMILES string of the molecule is CCCN(CCC)CCN1CC(C(=O)OC)CC1=O. The van der Waals surface area contributed by atoms with Crippen LogP contribution in [0.5, 0.6) is 0 Å². The third-order valence-electron chi connectivity index (χ3n) is 3.51. The Morgan fingerprint density at radius 1 is 1.32 bits per heavy atom. The maximum atomic E-state index is 11.8. The Morgan fingerprint density at radius 2 is 1.95 bits per heavy atom. The molecule has 1 fully saturated rings. The average molecular weight is 270 g/mol. The van der Waals surface area contributed by atoms with Gasteiger partial charge >= 0.3 is 5.97 Å². The van der Waals surface area contributed by atoms with Gasteiger partial charge in [-0.1, -0.05) is 13.8 Å². The van der Waals surface area contributed by atoms with Gasteiger partial charge in [-0.05, 0) is 25.9 Å². The highest BCUT2D eigenvalue weighted by atomic mass is 16.5. The quantitative estimate of drug-likeness (QED) is 0.620. The molecule has 1 atom stereocenters. The number of ether oxygens (including phenoxy) is 1. The van der Waals surface area contributed by atoms with E-state index in [1.54, 1.807) is 4.90 Å². The maximum absolute atomic E-state index is 11.8. The molecule has 0 N–H and O–H groups in total. The maximum Gasteiger partial charge on any atom is 0.310 e. The topological polar surface area (TPSA) is 49.9 Å². The lowest BCUT2D eigenvalue weighted by atomic mass is 10.1. The number of carbonyl (C=O) groups excluding carboxylic acids is 2. The van der Waals surface area contributed by atoms with Gasteiger partial charge in [-0.3, -0.25) is 9.59 Å². The fourth-order valence-corrected chi connectivity index (χ4v) is 2.54. The van der Waals surface area contributed by atoms with Gasteiger partial charge < -0.3 is 14.5 Å². The molecule has 0 bridgehead atoms. The predicted molar refractivity (Wildman–Crippen MR) is 73.7 cm³/mol. The zero-order valence-electron chi connectivity index (χ0n) is 12.4. The van der Waals surface area contributed by atoms with Gasteiger partial charge in [-0.25, -0.2) is 0 Å². The first-order valence-corrected chi connectivity index (χ1v) is 7.20. The molecule has 0 aromatic heterocycles. The lowest BCUT2D eigenvalue weighted by Crippen LogP contribution is -2.37. The van der Waals surface area contributed by atoms with Crippen LogP contribution in [0.2, 0.25) is 0 Å². The Hall–Kier alpha value is -1.10. The number of esters is 1. The number of likely N-dealkylation sites (tertiary alicyclic amines) is 1. The molecule has 19 heavy (non-hydrogen) atoms. The van der Waals surface area contributed by atoms with Crippen LogP contribution >= 0.6 is 0 Å². The third-order valence-corrected chi connectivity index (χ3v) is 3.51. The lowest BCUT2D eigenvalue weighted by molar-refractivity contribution is -0.145. The first-order chi connectivity index (χ1) is 9.12. The summed E-state index contributed by atoms with van der Waals surface area (Å²) in [6, 6.07) is 0. The molecule has 0 radical (unpaired) electrons. The Kier molecular flexibility index (Phi) is 6.84.